The van der Waals surface area contributed by atoms with Crippen LogP contribution >= 0.6 is 15.9 Å². The minimum atomic E-state index is -1.29. The Hall–Kier alpha value is -1.76. The average Bonchev–Trinajstić information content (AvgIpc) is 2.40. The van der Waals surface area contributed by atoms with Crippen LogP contribution in [0, 0.1) is 0 Å². The molecule has 2 amide bonds. The number of carboxylic acid groups (broad SMARTS) is 1. The van der Waals surface area contributed by atoms with Crippen LogP contribution in [0.3, 0.4) is 0 Å². The molecule has 116 valence electrons. The average molecular weight is 359 g/mol. The van der Waals surface area contributed by atoms with Gasteiger partial charge in [-0.15, -0.1) is 0 Å². The van der Waals surface area contributed by atoms with Crippen LogP contribution in [-0.2, 0) is 4.79 Å². The van der Waals surface area contributed by atoms with Crippen molar-refractivity contribution in [3.8, 4) is 5.75 Å². The van der Waals surface area contributed by atoms with Gasteiger partial charge in [-0.2, -0.15) is 0 Å². The van der Waals surface area contributed by atoms with Crippen molar-refractivity contribution in [1.29, 1.82) is 0 Å². The molecule has 0 aliphatic rings. The van der Waals surface area contributed by atoms with Crippen molar-refractivity contribution >= 4 is 33.6 Å². The molecule has 7 heteroatoms. The second-order valence-electron chi connectivity index (χ2n) is 4.82. The van der Waals surface area contributed by atoms with E-state index in [0.717, 1.165) is 4.47 Å². The molecule has 1 unspecified atom stereocenters. The number of aliphatic carboxylic acids is 1. The molecule has 0 bridgehead atoms. The summed E-state index contributed by atoms with van der Waals surface area (Å²) in [5.74, 6) is -0.491. The Morgan fingerprint density at radius 1 is 1.43 bits per heavy atom. The molecule has 0 radical (unpaired) electrons. The standard InChI is InChI=1S/C14H19BrN2O4/c1-4-7-14(2,12(18)19)17-13(20)16-9-5-6-10(15)11(8-9)21-3/h5-6,8H,4,7H2,1-3H3,(H,18,19)(H2,16,17,20). The van der Waals surface area contributed by atoms with Gasteiger partial charge in [0.2, 0.25) is 0 Å². The summed E-state index contributed by atoms with van der Waals surface area (Å²) in [4.78, 5) is 23.2. The molecule has 1 rings (SSSR count). The molecule has 21 heavy (non-hydrogen) atoms. The molecule has 0 spiro atoms. The third-order valence-corrected chi connectivity index (χ3v) is 3.68. The number of carbonyl (C=O) groups excluding carboxylic acids is 1. The summed E-state index contributed by atoms with van der Waals surface area (Å²) in [6.07, 6.45) is 0.995. The van der Waals surface area contributed by atoms with Crippen molar-refractivity contribution in [3.63, 3.8) is 0 Å². The largest absolute Gasteiger partial charge is 0.495 e. The van der Waals surface area contributed by atoms with Crippen molar-refractivity contribution in [2.24, 2.45) is 0 Å². The van der Waals surface area contributed by atoms with Gasteiger partial charge in [0.05, 0.1) is 11.6 Å². The first-order valence-electron chi connectivity index (χ1n) is 6.48. The lowest BCUT2D eigenvalue weighted by atomic mass is 9.97. The normalized spacial score (nSPS) is 13.1. The highest BCUT2D eigenvalue weighted by molar-refractivity contribution is 9.10. The number of rotatable bonds is 6. The number of benzene rings is 1. The lowest BCUT2D eigenvalue weighted by Crippen LogP contribution is -2.53. The molecule has 0 fully saturated rings. The van der Waals surface area contributed by atoms with Gasteiger partial charge in [0.1, 0.15) is 11.3 Å². The lowest BCUT2D eigenvalue weighted by molar-refractivity contribution is -0.143. The Bertz CT molecular complexity index is 536. The fourth-order valence-corrected chi connectivity index (χ4v) is 2.28. The van der Waals surface area contributed by atoms with Crippen molar-refractivity contribution in [3.05, 3.63) is 22.7 Å². The molecule has 1 atom stereocenters. The van der Waals surface area contributed by atoms with Crippen LogP contribution in [0.1, 0.15) is 26.7 Å². The first-order chi connectivity index (χ1) is 9.82. The predicted octanol–water partition coefficient (Wildman–Crippen LogP) is 3.22. The zero-order chi connectivity index (χ0) is 16.0. The number of carboxylic acids is 1. The predicted molar refractivity (Wildman–Crippen MR) is 83.8 cm³/mol. The third-order valence-electron chi connectivity index (χ3n) is 3.02. The maximum atomic E-state index is 12.0. The maximum absolute atomic E-state index is 12.0. The van der Waals surface area contributed by atoms with E-state index in [0.29, 0.717) is 24.3 Å². The quantitative estimate of drug-likeness (QED) is 0.728. The highest BCUT2D eigenvalue weighted by Gasteiger charge is 2.33. The number of nitrogens with one attached hydrogen (secondary N) is 2. The van der Waals surface area contributed by atoms with Crippen molar-refractivity contribution in [2.75, 3.05) is 12.4 Å². The zero-order valence-corrected chi connectivity index (χ0v) is 13.8. The van der Waals surface area contributed by atoms with Crippen LogP contribution in [-0.4, -0.2) is 29.8 Å². The lowest BCUT2D eigenvalue weighted by Gasteiger charge is -2.25. The van der Waals surface area contributed by atoms with Crippen molar-refractivity contribution < 1.29 is 19.4 Å². The molecule has 1 aromatic carbocycles. The van der Waals surface area contributed by atoms with E-state index in [1.165, 1.54) is 14.0 Å². The van der Waals surface area contributed by atoms with E-state index < -0.39 is 17.5 Å². The van der Waals surface area contributed by atoms with Gasteiger partial charge >= 0.3 is 12.0 Å². The van der Waals surface area contributed by atoms with E-state index in [4.69, 9.17) is 4.74 Å². The second-order valence-corrected chi connectivity index (χ2v) is 5.67. The van der Waals surface area contributed by atoms with Gasteiger partial charge in [-0.3, -0.25) is 0 Å². The van der Waals surface area contributed by atoms with Gasteiger partial charge in [-0.05, 0) is 41.4 Å². The van der Waals surface area contributed by atoms with Crippen molar-refractivity contribution in [2.45, 2.75) is 32.2 Å². The summed E-state index contributed by atoms with van der Waals surface area (Å²) in [6.45, 7) is 3.35. The molecule has 6 nitrogen and oxygen atoms in total. The molecule has 0 aromatic heterocycles. The second kappa shape index (κ2) is 7.31. The van der Waals surface area contributed by atoms with Gasteiger partial charge < -0.3 is 20.5 Å². The summed E-state index contributed by atoms with van der Waals surface area (Å²) in [5, 5.41) is 14.3. The highest BCUT2D eigenvalue weighted by atomic mass is 79.9. The smallest absolute Gasteiger partial charge is 0.329 e. The van der Waals surface area contributed by atoms with Gasteiger partial charge in [0.25, 0.3) is 0 Å². The van der Waals surface area contributed by atoms with E-state index in [2.05, 4.69) is 26.6 Å². The van der Waals surface area contributed by atoms with Crippen LogP contribution in [0.5, 0.6) is 5.75 Å². The number of hydrogen-bond donors (Lipinski definition) is 3. The van der Waals surface area contributed by atoms with Crippen LogP contribution in [0.4, 0.5) is 10.5 Å². The number of amides is 2. The monoisotopic (exact) mass is 358 g/mol. The Morgan fingerprint density at radius 3 is 2.62 bits per heavy atom. The van der Waals surface area contributed by atoms with E-state index >= 15 is 0 Å². The maximum Gasteiger partial charge on any atom is 0.329 e. The Kier molecular flexibility index (Phi) is 6.02. The first-order valence-corrected chi connectivity index (χ1v) is 7.27. The van der Waals surface area contributed by atoms with Gasteiger partial charge in [0.15, 0.2) is 0 Å². The van der Waals surface area contributed by atoms with Crippen LogP contribution in [0.15, 0.2) is 22.7 Å². The molecular formula is C14H19BrN2O4. The number of methoxy groups -OCH3 is 1. The van der Waals surface area contributed by atoms with Gasteiger partial charge in [-0.25, -0.2) is 9.59 Å². The molecule has 0 aliphatic heterocycles. The van der Waals surface area contributed by atoms with E-state index in [9.17, 15) is 14.7 Å². The fraction of sp³-hybridized carbons (Fsp3) is 0.429. The Morgan fingerprint density at radius 2 is 2.10 bits per heavy atom. The number of hydrogen-bond acceptors (Lipinski definition) is 3. The number of halogens is 1. The summed E-state index contributed by atoms with van der Waals surface area (Å²) in [7, 11) is 1.52. The Balaban J connectivity index is 2.79. The van der Waals surface area contributed by atoms with Crippen LogP contribution < -0.4 is 15.4 Å². The van der Waals surface area contributed by atoms with Crippen LogP contribution in [0.2, 0.25) is 0 Å². The minimum Gasteiger partial charge on any atom is -0.495 e. The number of ether oxygens (including phenoxy) is 1. The summed E-state index contributed by atoms with van der Waals surface area (Å²) < 4.78 is 5.89. The number of carbonyl (C=O) groups is 2. The molecular weight excluding hydrogens is 340 g/mol. The zero-order valence-electron chi connectivity index (χ0n) is 12.2. The molecule has 0 aliphatic carbocycles. The number of anilines is 1. The van der Waals surface area contributed by atoms with Gasteiger partial charge in [0, 0.05) is 11.8 Å². The molecule has 0 heterocycles. The third kappa shape index (κ3) is 4.63. The SMILES string of the molecule is CCCC(C)(NC(=O)Nc1ccc(Br)c(OC)c1)C(=O)O. The molecule has 0 saturated heterocycles. The Labute approximate surface area is 132 Å². The van der Waals surface area contributed by atoms with Crippen molar-refractivity contribution in [1.82, 2.24) is 5.32 Å². The summed E-state index contributed by atoms with van der Waals surface area (Å²) in [5.41, 5.74) is -0.782. The summed E-state index contributed by atoms with van der Waals surface area (Å²) in [6, 6.07) is 4.49. The molecule has 1 aromatic rings. The van der Waals surface area contributed by atoms with Gasteiger partial charge in [-0.1, -0.05) is 13.3 Å². The fourth-order valence-electron chi connectivity index (χ4n) is 1.87. The molecule has 0 saturated carbocycles. The first kappa shape index (κ1) is 17.3. The van der Waals surface area contributed by atoms with E-state index in [-0.39, 0.29) is 0 Å². The highest BCUT2D eigenvalue weighted by Crippen LogP contribution is 2.27. The number of urea groups is 1. The molecule has 3 N–H and O–H groups in total. The van der Waals surface area contributed by atoms with E-state index in [1.807, 2.05) is 6.92 Å². The topological polar surface area (TPSA) is 87.7 Å². The van der Waals surface area contributed by atoms with E-state index in [1.54, 1.807) is 18.2 Å². The summed E-state index contributed by atoms with van der Waals surface area (Å²) >= 11 is 3.31. The minimum absolute atomic E-state index is 0.347. The van der Waals surface area contributed by atoms with Crippen LogP contribution in [0.25, 0.3) is 0 Å².